The Morgan fingerprint density at radius 1 is 1.17 bits per heavy atom. The van der Waals surface area contributed by atoms with Crippen LogP contribution >= 0.6 is 0 Å². The van der Waals surface area contributed by atoms with Crippen LogP contribution in [0.4, 0.5) is 8.78 Å². The number of halogens is 2. The average molecular weight is 421 g/mol. The Hall–Kier alpha value is -0.960. The molecule has 3 aliphatic carbocycles. The van der Waals surface area contributed by atoms with Gasteiger partial charge in [-0.1, -0.05) is 57.6 Å². The average Bonchev–Trinajstić information content (AvgIpc) is 3.04. The zero-order valence-electron chi connectivity index (χ0n) is 19.5. The summed E-state index contributed by atoms with van der Waals surface area (Å²) in [6.07, 6.45) is 13.3. The van der Waals surface area contributed by atoms with Crippen LogP contribution in [0.5, 0.6) is 0 Å². The van der Waals surface area contributed by atoms with Gasteiger partial charge in [0.15, 0.2) is 0 Å². The van der Waals surface area contributed by atoms with Gasteiger partial charge in [0.1, 0.15) is 0 Å². The van der Waals surface area contributed by atoms with Crippen molar-refractivity contribution in [1.29, 1.82) is 0 Å². The van der Waals surface area contributed by atoms with Crippen molar-refractivity contribution in [3.63, 3.8) is 0 Å². The van der Waals surface area contributed by atoms with Gasteiger partial charge in [0.2, 0.25) is 5.92 Å². The van der Waals surface area contributed by atoms with E-state index in [9.17, 15) is 13.9 Å². The Morgan fingerprint density at radius 2 is 1.90 bits per heavy atom. The van der Waals surface area contributed by atoms with Crippen LogP contribution < -0.4 is 0 Å². The van der Waals surface area contributed by atoms with Crippen LogP contribution in [0.3, 0.4) is 0 Å². The quantitative estimate of drug-likeness (QED) is 0.463. The van der Waals surface area contributed by atoms with Crippen molar-refractivity contribution in [2.24, 2.45) is 29.1 Å². The second-order valence-electron chi connectivity index (χ2n) is 11.0. The van der Waals surface area contributed by atoms with E-state index in [1.165, 1.54) is 36.0 Å². The van der Waals surface area contributed by atoms with Crippen LogP contribution in [0.25, 0.3) is 0 Å². The molecule has 3 saturated carbocycles. The Balaban J connectivity index is 1.71. The summed E-state index contributed by atoms with van der Waals surface area (Å²) in [6, 6.07) is 0. The molecule has 0 spiro atoms. The first-order valence-electron chi connectivity index (χ1n) is 12.2. The monoisotopic (exact) mass is 420 g/mol. The van der Waals surface area contributed by atoms with Crippen molar-refractivity contribution < 1.29 is 13.9 Å². The number of rotatable bonds is 6. The number of hydrogen-bond acceptors (Lipinski definition) is 1. The standard InChI is InChI=1S/C27H42F2O/c1-18(2)27(28,29)16-14-20(4)24-12-13-25-21(7-6-15-26(24,25)5)9-10-22-17-23(30)11-8-19(22)3/h9-10,18,20,23-25,30H,3,6-8,11-17H2,1-2,4-5H3/b21-9?,22-10-/t20-,23+,24-,25?,26-/m1/s1. The molecule has 170 valence electrons. The van der Waals surface area contributed by atoms with E-state index in [0.29, 0.717) is 30.6 Å². The molecule has 3 rings (SSSR count). The lowest BCUT2D eigenvalue weighted by atomic mass is 9.60. The molecule has 0 aromatic rings. The molecule has 5 atom stereocenters. The van der Waals surface area contributed by atoms with Gasteiger partial charge in [-0.2, -0.15) is 0 Å². The van der Waals surface area contributed by atoms with E-state index in [1.807, 2.05) is 0 Å². The maximum Gasteiger partial charge on any atom is 0.250 e. The van der Waals surface area contributed by atoms with Gasteiger partial charge in [0.25, 0.3) is 0 Å². The second kappa shape index (κ2) is 9.27. The molecule has 1 unspecified atom stereocenters. The van der Waals surface area contributed by atoms with Gasteiger partial charge in [-0.15, -0.1) is 0 Å². The molecule has 0 amide bonds. The van der Waals surface area contributed by atoms with Crippen LogP contribution in [0.1, 0.15) is 91.9 Å². The highest BCUT2D eigenvalue weighted by Crippen LogP contribution is 2.60. The number of alkyl halides is 2. The summed E-state index contributed by atoms with van der Waals surface area (Å²) in [7, 11) is 0. The summed E-state index contributed by atoms with van der Waals surface area (Å²) >= 11 is 0. The molecule has 0 aliphatic heterocycles. The first-order valence-corrected chi connectivity index (χ1v) is 12.2. The Bertz CT molecular complexity index is 689. The van der Waals surface area contributed by atoms with Crippen LogP contribution in [0.2, 0.25) is 0 Å². The maximum absolute atomic E-state index is 14.2. The summed E-state index contributed by atoms with van der Waals surface area (Å²) < 4.78 is 28.4. The Labute approximate surface area is 182 Å². The van der Waals surface area contributed by atoms with Gasteiger partial charge < -0.3 is 5.11 Å². The van der Waals surface area contributed by atoms with Gasteiger partial charge in [0.05, 0.1) is 6.10 Å². The number of hydrogen-bond donors (Lipinski definition) is 1. The molecule has 3 heteroatoms. The molecule has 1 N–H and O–H groups in total. The molecular formula is C27H42F2O. The summed E-state index contributed by atoms with van der Waals surface area (Å²) in [6.45, 7) is 12.1. The van der Waals surface area contributed by atoms with E-state index < -0.39 is 11.8 Å². The third-order valence-corrected chi connectivity index (χ3v) is 8.69. The third-order valence-electron chi connectivity index (χ3n) is 8.69. The minimum Gasteiger partial charge on any atom is -0.393 e. The fraction of sp³-hybridized carbons (Fsp3) is 0.778. The van der Waals surface area contributed by atoms with Crippen molar-refractivity contribution in [1.82, 2.24) is 0 Å². The molecule has 1 nitrogen and oxygen atoms in total. The molecule has 0 radical (unpaired) electrons. The summed E-state index contributed by atoms with van der Waals surface area (Å²) in [5.74, 6) is -1.68. The minimum absolute atomic E-state index is 0.0162. The lowest BCUT2D eigenvalue weighted by molar-refractivity contribution is -0.0600. The lowest BCUT2D eigenvalue weighted by Crippen LogP contribution is -2.36. The van der Waals surface area contributed by atoms with E-state index in [2.05, 4.69) is 32.6 Å². The van der Waals surface area contributed by atoms with E-state index in [4.69, 9.17) is 0 Å². The van der Waals surface area contributed by atoms with Gasteiger partial charge >= 0.3 is 0 Å². The molecule has 0 bridgehead atoms. The zero-order valence-corrected chi connectivity index (χ0v) is 19.5. The summed E-state index contributed by atoms with van der Waals surface area (Å²) in [4.78, 5) is 0. The van der Waals surface area contributed by atoms with E-state index in [-0.39, 0.29) is 17.9 Å². The summed E-state index contributed by atoms with van der Waals surface area (Å²) in [5.41, 5.74) is 4.14. The van der Waals surface area contributed by atoms with E-state index in [0.717, 1.165) is 25.7 Å². The highest BCUT2D eigenvalue weighted by atomic mass is 19.3. The summed E-state index contributed by atoms with van der Waals surface area (Å²) in [5, 5.41) is 10.0. The molecule has 30 heavy (non-hydrogen) atoms. The Kier molecular flexibility index (Phi) is 7.32. The molecule has 3 aliphatic rings. The number of fused-ring (bicyclic) bond motifs is 1. The van der Waals surface area contributed by atoms with Crippen LogP contribution in [-0.4, -0.2) is 17.1 Å². The lowest BCUT2D eigenvalue weighted by Gasteiger charge is -2.44. The van der Waals surface area contributed by atoms with Gasteiger partial charge in [-0.3, -0.25) is 0 Å². The highest BCUT2D eigenvalue weighted by molar-refractivity contribution is 5.36. The number of aliphatic hydroxyl groups is 1. The molecule has 3 fully saturated rings. The number of aliphatic hydroxyl groups excluding tert-OH is 1. The van der Waals surface area contributed by atoms with E-state index >= 15 is 0 Å². The second-order valence-corrected chi connectivity index (χ2v) is 11.0. The van der Waals surface area contributed by atoms with Crippen LogP contribution in [0.15, 0.2) is 35.5 Å². The first kappa shape index (κ1) is 23.7. The SMILES string of the molecule is C=C1CC[C@H](O)C/C1=C/C=C1CCC[C@@]2(C)C1CC[C@@H]2[C@H](C)CCC(F)(F)C(C)C. The molecule has 0 aromatic carbocycles. The minimum atomic E-state index is -2.55. The molecule has 0 aromatic heterocycles. The molecule has 0 saturated heterocycles. The fourth-order valence-corrected chi connectivity index (χ4v) is 6.52. The molecule has 0 heterocycles. The smallest absolute Gasteiger partial charge is 0.250 e. The first-order chi connectivity index (χ1) is 14.0. The maximum atomic E-state index is 14.2. The van der Waals surface area contributed by atoms with Crippen molar-refractivity contribution in [3.8, 4) is 0 Å². The van der Waals surface area contributed by atoms with Crippen LogP contribution in [0, 0.1) is 29.1 Å². The van der Waals surface area contributed by atoms with Crippen molar-refractivity contribution in [2.75, 3.05) is 0 Å². The largest absolute Gasteiger partial charge is 0.393 e. The normalized spacial score (nSPS) is 36.5. The van der Waals surface area contributed by atoms with Gasteiger partial charge in [-0.25, -0.2) is 8.78 Å². The number of allylic oxidation sites excluding steroid dienone is 4. The zero-order chi connectivity index (χ0) is 22.1. The third kappa shape index (κ3) is 4.92. The Morgan fingerprint density at radius 3 is 2.60 bits per heavy atom. The predicted octanol–water partition coefficient (Wildman–Crippen LogP) is 7.86. The fourth-order valence-electron chi connectivity index (χ4n) is 6.52. The van der Waals surface area contributed by atoms with Gasteiger partial charge in [0, 0.05) is 12.3 Å². The topological polar surface area (TPSA) is 20.2 Å². The van der Waals surface area contributed by atoms with Crippen molar-refractivity contribution in [2.45, 2.75) is 104 Å². The van der Waals surface area contributed by atoms with Crippen LogP contribution in [-0.2, 0) is 0 Å². The van der Waals surface area contributed by atoms with Gasteiger partial charge in [-0.05, 0) is 86.5 Å². The van der Waals surface area contributed by atoms with E-state index in [1.54, 1.807) is 13.8 Å². The molecular weight excluding hydrogens is 378 g/mol. The predicted molar refractivity (Wildman–Crippen MR) is 122 cm³/mol. The highest BCUT2D eigenvalue weighted by Gasteiger charge is 2.50. The van der Waals surface area contributed by atoms with Crippen molar-refractivity contribution >= 4 is 0 Å². The van der Waals surface area contributed by atoms with Crippen molar-refractivity contribution in [3.05, 3.63) is 35.5 Å².